The zero-order valence-electron chi connectivity index (χ0n) is 14.5. The van der Waals surface area contributed by atoms with Crippen molar-refractivity contribution in [1.29, 1.82) is 0 Å². The molecule has 2 nitrogen and oxygen atoms in total. The van der Waals surface area contributed by atoms with Crippen molar-refractivity contribution in [3.05, 3.63) is 101 Å². The van der Waals surface area contributed by atoms with Crippen LogP contribution in [-0.4, -0.2) is 11.9 Å². The van der Waals surface area contributed by atoms with E-state index in [1.54, 1.807) is 0 Å². The third-order valence-electron chi connectivity index (χ3n) is 4.52. The molecule has 3 aromatic carbocycles. The number of benzene rings is 3. The highest BCUT2D eigenvalue weighted by Crippen LogP contribution is 2.39. The summed E-state index contributed by atoms with van der Waals surface area (Å²) < 4.78 is 6.03. The van der Waals surface area contributed by atoms with E-state index in [2.05, 4.69) is 17.9 Å². The zero-order valence-corrected chi connectivity index (χ0v) is 14.5. The van der Waals surface area contributed by atoms with Crippen LogP contribution in [0.4, 0.5) is 0 Å². The number of hydrogen-bond donors (Lipinski definition) is 0. The quantitative estimate of drug-likeness (QED) is 0.497. The normalized spacial score (nSPS) is 17.6. The first-order valence-corrected chi connectivity index (χ1v) is 8.65. The highest BCUT2D eigenvalue weighted by molar-refractivity contribution is 6.01. The molecule has 4 rings (SSSR count). The van der Waals surface area contributed by atoms with Gasteiger partial charge in [0.15, 0.2) is 6.10 Å². The van der Waals surface area contributed by atoms with Gasteiger partial charge in [-0.1, -0.05) is 78.1 Å². The number of ketones is 1. The fourth-order valence-corrected chi connectivity index (χ4v) is 3.19. The summed E-state index contributed by atoms with van der Waals surface area (Å²) in [5.74, 6) is 6.92. The zero-order chi connectivity index (χ0) is 17.9. The summed E-state index contributed by atoms with van der Waals surface area (Å²) in [5, 5.41) is 0. The predicted molar refractivity (Wildman–Crippen MR) is 102 cm³/mol. The number of hydrogen-bond acceptors (Lipinski definition) is 2. The summed E-state index contributed by atoms with van der Waals surface area (Å²) in [6.45, 7) is 2.04. The van der Waals surface area contributed by atoms with Gasteiger partial charge in [-0.15, -0.1) is 0 Å². The number of fused-ring (bicyclic) bond motifs is 1. The average molecular weight is 338 g/mol. The minimum atomic E-state index is -0.620. The van der Waals surface area contributed by atoms with E-state index in [0.29, 0.717) is 5.56 Å². The van der Waals surface area contributed by atoms with Gasteiger partial charge in [0, 0.05) is 16.7 Å². The van der Waals surface area contributed by atoms with Crippen LogP contribution in [0.25, 0.3) is 0 Å². The van der Waals surface area contributed by atoms with Gasteiger partial charge >= 0.3 is 0 Å². The van der Waals surface area contributed by atoms with Crippen LogP contribution in [0.2, 0.25) is 0 Å². The van der Waals surface area contributed by atoms with Crippen molar-refractivity contribution in [3.8, 4) is 17.6 Å². The van der Waals surface area contributed by atoms with E-state index in [1.165, 1.54) is 0 Å². The molecule has 1 aliphatic heterocycles. The maximum Gasteiger partial charge on any atom is 0.204 e. The molecule has 0 unspecified atom stereocenters. The van der Waals surface area contributed by atoms with Crippen molar-refractivity contribution in [2.24, 2.45) is 0 Å². The lowest BCUT2D eigenvalue weighted by molar-refractivity contribution is 0.0812. The van der Waals surface area contributed by atoms with Gasteiger partial charge < -0.3 is 4.74 Å². The molecule has 2 atom stereocenters. The van der Waals surface area contributed by atoms with E-state index in [9.17, 15) is 4.79 Å². The van der Waals surface area contributed by atoms with Crippen LogP contribution >= 0.6 is 0 Å². The van der Waals surface area contributed by atoms with E-state index >= 15 is 0 Å². The maximum absolute atomic E-state index is 13.0. The topological polar surface area (TPSA) is 26.3 Å². The first kappa shape index (κ1) is 16.2. The number of ether oxygens (including phenoxy) is 1. The summed E-state index contributed by atoms with van der Waals surface area (Å²) in [7, 11) is 0. The van der Waals surface area contributed by atoms with Gasteiger partial charge in [0.2, 0.25) is 5.78 Å². The molecule has 0 saturated heterocycles. The lowest BCUT2D eigenvalue weighted by Gasteiger charge is -2.13. The van der Waals surface area contributed by atoms with Crippen LogP contribution in [-0.2, 0) is 0 Å². The van der Waals surface area contributed by atoms with Gasteiger partial charge in [-0.3, -0.25) is 4.79 Å². The largest absolute Gasteiger partial charge is 0.480 e. The first-order valence-electron chi connectivity index (χ1n) is 8.65. The van der Waals surface area contributed by atoms with Gasteiger partial charge in [-0.05, 0) is 25.1 Å². The maximum atomic E-state index is 13.0. The molecule has 1 aliphatic rings. The fraction of sp³-hybridized carbons (Fsp3) is 0.125. The Kier molecular flexibility index (Phi) is 4.29. The average Bonchev–Trinajstić information content (AvgIpc) is 3.05. The second-order valence-corrected chi connectivity index (χ2v) is 6.42. The molecule has 2 heteroatoms. The smallest absolute Gasteiger partial charge is 0.204 e. The molecule has 0 bridgehead atoms. The number of aryl methyl sites for hydroxylation is 1. The molecule has 0 fully saturated rings. The molecule has 0 saturated carbocycles. The SMILES string of the molecule is Cc1ccc2c(c1)[C@@H](C#Cc1ccccc1)[C@H](C(=O)c1ccccc1)O2. The standard InChI is InChI=1S/C24H18O2/c1-17-12-15-22-21(16-17)20(14-13-18-8-4-2-5-9-18)24(26-22)23(25)19-10-6-3-7-11-19/h2-12,15-16,20,24H,1H3/t20-,24-/m1/s1. The van der Waals surface area contributed by atoms with Gasteiger partial charge in [0.25, 0.3) is 0 Å². The monoisotopic (exact) mass is 338 g/mol. The molecule has 0 aromatic heterocycles. The second kappa shape index (κ2) is 6.90. The third-order valence-corrected chi connectivity index (χ3v) is 4.52. The molecule has 1 heterocycles. The van der Waals surface area contributed by atoms with Crippen LogP contribution in [0.5, 0.6) is 5.75 Å². The molecular formula is C24H18O2. The van der Waals surface area contributed by atoms with Crippen LogP contribution in [0, 0.1) is 18.8 Å². The van der Waals surface area contributed by atoms with Crippen LogP contribution < -0.4 is 4.74 Å². The molecular weight excluding hydrogens is 320 g/mol. The van der Waals surface area contributed by atoms with Gasteiger partial charge in [-0.2, -0.15) is 0 Å². The molecule has 0 aliphatic carbocycles. The molecule has 3 aromatic rings. The van der Waals surface area contributed by atoms with E-state index in [1.807, 2.05) is 79.7 Å². The van der Waals surface area contributed by atoms with Crippen LogP contribution in [0.1, 0.15) is 33.0 Å². The van der Waals surface area contributed by atoms with E-state index < -0.39 is 6.10 Å². The minimum absolute atomic E-state index is 0.0354. The lowest BCUT2D eigenvalue weighted by atomic mass is 9.90. The Morgan fingerprint density at radius 1 is 0.923 bits per heavy atom. The molecule has 0 radical (unpaired) electrons. The third kappa shape index (κ3) is 3.12. The summed E-state index contributed by atoms with van der Waals surface area (Å²) in [4.78, 5) is 13.0. The summed E-state index contributed by atoms with van der Waals surface area (Å²) in [6.07, 6.45) is -0.620. The Labute approximate surface area is 153 Å². The van der Waals surface area contributed by atoms with Crippen molar-refractivity contribution in [2.75, 3.05) is 0 Å². The van der Waals surface area contributed by atoms with Crippen LogP contribution in [0.15, 0.2) is 78.9 Å². The minimum Gasteiger partial charge on any atom is -0.480 e. The molecule has 0 spiro atoms. The number of rotatable bonds is 2. The highest BCUT2D eigenvalue weighted by atomic mass is 16.5. The Balaban J connectivity index is 1.74. The van der Waals surface area contributed by atoms with E-state index in [-0.39, 0.29) is 11.7 Å². The molecule has 0 N–H and O–H groups in total. The second-order valence-electron chi connectivity index (χ2n) is 6.42. The Hall–Kier alpha value is -3.31. The van der Waals surface area contributed by atoms with Crippen molar-refractivity contribution in [2.45, 2.75) is 18.9 Å². The van der Waals surface area contributed by atoms with Crippen molar-refractivity contribution in [3.63, 3.8) is 0 Å². The number of Topliss-reactive ketones (excluding diaryl/α,β-unsaturated/α-hetero) is 1. The Bertz CT molecular complexity index is 995. The fourth-order valence-electron chi connectivity index (χ4n) is 3.19. The number of carbonyl (C=O) groups is 1. The number of carbonyl (C=O) groups excluding carboxylic acids is 1. The van der Waals surface area contributed by atoms with Crippen LogP contribution in [0.3, 0.4) is 0 Å². The van der Waals surface area contributed by atoms with Gasteiger partial charge in [0.05, 0.1) is 5.92 Å². The lowest BCUT2D eigenvalue weighted by Crippen LogP contribution is -2.28. The van der Waals surface area contributed by atoms with E-state index in [0.717, 1.165) is 22.4 Å². The highest BCUT2D eigenvalue weighted by Gasteiger charge is 2.38. The molecule has 126 valence electrons. The summed E-state index contributed by atoms with van der Waals surface area (Å²) in [6, 6.07) is 25.1. The van der Waals surface area contributed by atoms with Crippen molar-refractivity contribution < 1.29 is 9.53 Å². The first-order chi connectivity index (χ1) is 12.7. The van der Waals surface area contributed by atoms with E-state index in [4.69, 9.17) is 4.74 Å². The molecule has 0 amide bonds. The van der Waals surface area contributed by atoms with Crippen molar-refractivity contribution >= 4 is 5.78 Å². The predicted octanol–water partition coefficient (Wildman–Crippen LogP) is 4.77. The summed E-state index contributed by atoms with van der Waals surface area (Å²) in [5.41, 5.74) is 3.70. The molecule has 26 heavy (non-hydrogen) atoms. The van der Waals surface area contributed by atoms with Gasteiger partial charge in [0.1, 0.15) is 5.75 Å². The summed E-state index contributed by atoms with van der Waals surface area (Å²) >= 11 is 0. The van der Waals surface area contributed by atoms with Gasteiger partial charge in [-0.25, -0.2) is 0 Å². The Morgan fingerprint density at radius 3 is 2.35 bits per heavy atom. The Morgan fingerprint density at radius 2 is 1.62 bits per heavy atom. The van der Waals surface area contributed by atoms with Crippen molar-refractivity contribution in [1.82, 2.24) is 0 Å².